The van der Waals surface area contributed by atoms with Gasteiger partial charge in [0, 0.05) is 5.39 Å². The van der Waals surface area contributed by atoms with Crippen molar-refractivity contribution in [2.75, 3.05) is 6.61 Å². The summed E-state index contributed by atoms with van der Waals surface area (Å²) >= 11 is 0. The van der Waals surface area contributed by atoms with Gasteiger partial charge in [-0.1, -0.05) is 48.5 Å². The second-order valence-electron chi connectivity index (χ2n) is 4.94. The number of fused-ring (bicyclic) bond motifs is 1. The largest absolute Gasteiger partial charge is 0.491 e. The summed E-state index contributed by atoms with van der Waals surface area (Å²) in [5.74, 6) is 0.854. The molecular formula is C17H17N3O2. The summed E-state index contributed by atoms with van der Waals surface area (Å²) in [7, 11) is 0. The number of carbonyl (C=O) groups is 1. The monoisotopic (exact) mass is 295 g/mol. The summed E-state index contributed by atoms with van der Waals surface area (Å²) in [6.45, 7) is 3.02. The quantitative estimate of drug-likeness (QED) is 0.656. The van der Waals surface area contributed by atoms with Crippen LogP contribution >= 0.6 is 0 Å². The SMILES string of the molecule is CCc1c(C=O)nnn1CCOc1cccc2ccccc12. The third kappa shape index (κ3) is 2.70. The Morgan fingerprint density at radius 2 is 2.00 bits per heavy atom. The van der Waals surface area contributed by atoms with E-state index in [0.717, 1.165) is 34.9 Å². The van der Waals surface area contributed by atoms with Gasteiger partial charge in [-0.15, -0.1) is 5.10 Å². The van der Waals surface area contributed by atoms with Gasteiger partial charge in [0.15, 0.2) is 6.29 Å². The highest BCUT2D eigenvalue weighted by molar-refractivity contribution is 5.88. The lowest BCUT2D eigenvalue weighted by molar-refractivity contribution is 0.111. The maximum absolute atomic E-state index is 10.9. The average molecular weight is 295 g/mol. The van der Waals surface area contributed by atoms with Gasteiger partial charge in [0.25, 0.3) is 0 Å². The number of benzene rings is 2. The van der Waals surface area contributed by atoms with Crippen LogP contribution in [-0.4, -0.2) is 27.9 Å². The zero-order valence-electron chi connectivity index (χ0n) is 12.4. The van der Waals surface area contributed by atoms with Crippen LogP contribution in [0.3, 0.4) is 0 Å². The third-order valence-electron chi connectivity index (χ3n) is 3.62. The van der Waals surface area contributed by atoms with Crippen LogP contribution in [0.4, 0.5) is 0 Å². The predicted molar refractivity (Wildman–Crippen MR) is 84.2 cm³/mol. The number of rotatable bonds is 6. The zero-order chi connectivity index (χ0) is 15.4. The molecule has 112 valence electrons. The van der Waals surface area contributed by atoms with E-state index in [1.54, 1.807) is 4.68 Å². The first-order chi connectivity index (χ1) is 10.8. The molecule has 0 saturated heterocycles. The second kappa shape index (κ2) is 6.39. The first-order valence-electron chi connectivity index (χ1n) is 7.31. The van der Waals surface area contributed by atoms with Crippen LogP contribution in [0.2, 0.25) is 0 Å². The predicted octanol–water partition coefficient (Wildman–Crippen LogP) is 2.89. The molecule has 0 unspecified atom stereocenters. The lowest BCUT2D eigenvalue weighted by atomic mass is 10.1. The highest BCUT2D eigenvalue weighted by atomic mass is 16.5. The van der Waals surface area contributed by atoms with Gasteiger partial charge < -0.3 is 4.74 Å². The van der Waals surface area contributed by atoms with Gasteiger partial charge in [-0.25, -0.2) is 4.68 Å². The fraction of sp³-hybridized carbons (Fsp3) is 0.235. The van der Waals surface area contributed by atoms with E-state index in [-0.39, 0.29) is 0 Å². The lowest BCUT2D eigenvalue weighted by Gasteiger charge is -2.10. The number of carbonyl (C=O) groups excluding carboxylic acids is 1. The number of aromatic nitrogens is 3. The summed E-state index contributed by atoms with van der Waals surface area (Å²) < 4.78 is 7.62. The van der Waals surface area contributed by atoms with Gasteiger partial charge >= 0.3 is 0 Å². The van der Waals surface area contributed by atoms with Crippen molar-refractivity contribution in [3.8, 4) is 5.75 Å². The molecule has 0 amide bonds. The fourth-order valence-electron chi connectivity index (χ4n) is 2.54. The Hall–Kier alpha value is -2.69. The van der Waals surface area contributed by atoms with Gasteiger partial charge in [0.2, 0.25) is 0 Å². The Balaban J connectivity index is 1.73. The number of hydrogen-bond donors (Lipinski definition) is 0. The van der Waals surface area contributed by atoms with E-state index in [4.69, 9.17) is 4.74 Å². The molecular weight excluding hydrogens is 278 g/mol. The molecule has 1 aromatic heterocycles. The van der Waals surface area contributed by atoms with Crippen molar-refractivity contribution in [1.82, 2.24) is 15.0 Å². The molecule has 22 heavy (non-hydrogen) atoms. The molecule has 0 fully saturated rings. The molecule has 3 aromatic rings. The van der Waals surface area contributed by atoms with E-state index >= 15 is 0 Å². The number of nitrogens with zero attached hydrogens (tertiary/aromatic N) is 3. The standard InChI is InChI=1S/C17H17N3O2/c1-2-16-15(12-21)18-19-20(16)10-11-22-17-9-5-7-13-6-3-4-8-14(13)17/h3-9,12H,2,10-11H2,1H3. The molecule has 5 nitrogen and oxygen atoms in total. The van der Waals surface area contributed by atoms with Crippen LogP contribution in [0.1, 0.15) is 23.1 Å². The van der Waals surface area contributed by atoms with Crippen molar-refractivity contribution in [2.24, 2.45) is 0 Å². The molecule has 3 rings (SSSR count). The Morgan fingerprint density at radius 3 is 2.82 bits per heavy atom. The van der Waals surface area contributed by atoms with Crippen molar-refractivity contribution in [2.45, 2.75) is 19.9 Å². The molecule has 1 heterocycles. The van der Waals surface area contributed by atoms with Gasteiger partial charge in [0.05, 0.1) is 12.2 Å². The maximum atomic E-state index is 10.9. The molecule has 0 aliphatic heterocycles. The molecule has 2 aromatic carbocycles. The summed E-state index contributed by atoms with van der Waals surface area (Å²) in [6.07, 6.45) is 1.46. The van der Waals surface area contributed by atoms with Gasteiger partial charge in [-0.05, 0) is 17.9 Å². The average Bonchev–Trinajstić information content (AvgIpc) is 2.97. The van der Waals surface area contributed by atoms with Crippen LogP contribution in [0.5, 0.6) is 5.75 Å². The Bertz CT molecular complexity index is 790. The highest BCUT2D eigenvalue weighted by Crippen LogP contribution is 2.25. The van der Waals surface area contributed by atoms with E-state index < -0.39 is 0 Å². The van der Waals surface area contributed by atoms with E-state index in [1.807, 2.05) is 37.3 Å². The third-order valence-corrected chi connectivity index (χ3v) is 3.62. The molecule has 0 spiro atoms. The second-order valence-corrected chi connectivity index (χ2v) is 4.94. The molecule has 0 bridgehead atoms. The van der Waals surface area contributed by atoms with E-state index in [0.29, 0.717) is 18.8 Å². The summed E-state index contributed by atoms with van der Waals surface area (Å²) in [5.41, 5.74) is 1.25. The minimum Gasteiger partial charge on any atom is -0.491 e. The van der Waals surface area contributed by atoms with E-state index in [1.165, 1.54) is 0 Å². The topological polar surface area (TPSA) is 57.0 Å². The summed E-state index contributed by atoms with van der Waals surface area (Å²) in [5, 5.41) is 10.1. The van der Waals surface area contributed by atoms with Crippen molar-refractivity contribution >= 4 is 17.1 Å². The van der Waals surface area contributed by atoms with Crippen molar-refractivity contribution < 1.29 is 9.53 Å². The molecule has 0 aliphatic carbocycles. The van der Waals surface area contributed by atoms with Gasteiger partial charge in [-0.2, -0.15) is 0 Å². The summed E-state index contributed by atoms with van der Waals surface area (Å²) in [4.78, 5) is 10.9. The van der Waals surface area contributed by atoms with Crippen LogP contribution < -0.4 is 4.74 Å². The fourth-order valence-corrected chi connectivity index (χ4v) is 2.54. The minimum atomic E-state index is 0.410. The van der Waals surface area contributed by atoms with Gasteiger partial charge in [0.1, 0.15) is 18.1 Å². The van der Waals surface area contributed by atoms with Crippen LogP contribution in [-0.2, 0) is 13.0 Å². The van der Waals surface area contributed by atoms with Crippen LogP contribution in [0.25, 0.3) is 10.8 Å². The minimum absolute atomic E-state index is 0.410. The Kier molecular flexibility index (Phi) is 4.14. The molecule has 0 radical (unpaired) electrons. The lowest BCUT2D eigenvalue weighted by Crippen LogP contribution is -2.12. The normalized spacial score (nSPS) is 10.8. The zero-order valence-corrected chi connectivity index (χ0v) is 12.4. The molecule has 0 N–H and O–H groups in total. The van der Waals surface area contributed by atoms with Gasteiger partial charge in [-0.3, -0.25) is 4.79 Å². The van der Waals surface area contributed by atoms with E-state index in [9.17, 15) is 4.79 Å². The van der Waals surface area contributed by atoms with Crippen molar-refractivity contribution in [3.63, 3.8) is 0 Å². The smallest absolute Gasteiger partial charge is 0.172 e. The first kappa shape index (κ1) is 14.3. The number of aldehydes is 1. The summed E-state index contributed by atoms with van der Waals surface area (Å²) in [6, 6.07) is 14.1. The van der Waals surface area contributed by atoms with E-state index in [2.05, 4.69) is 22.4 Å². The molecule has 0 aliphatic rings. The number of ether oxygens (including phenoxy) is 1. The van der Waals surface area contributed by atoms with Crippen molar-refractivity contribution in [1.29, 1.82) is 0 Å². The maximum Gasteiger partial charge on any atom is 0.172 e. The first-order valence-corrected chi connectivity index (χ1v) is 7.31. The van der Waals surface area contributed by atoms with Crippen molar-refractivity contribution in [3.05, 3.63) is 53.9 Å². The Morgan fingerprint density at radius 1 is 1.18 bits per heavy atom. The molecule has 0 atom stereocenters. The van der Waals surface area contributed by atoms with Crippen LogP contribution in [0, 0.1) is 0 Å². The molecule has 5 heteroatoms. The Labute approximate surface area is 128 Å². The number of hydrogen-bond acceptors (Lipinski definition) is 4. The molecule has 0 saturated carbocycles. The highest BCUT2D eigenvalue weighted by Gasteiger charge is 2.10. The van der Waals surface area contributed by atoms with Crippen LogP contribution in [0.15, 0.2) is 42.5 Å².